The van der Waals surface area contributed by atoms with Gasteiger partial charge >= 0.3 is 0 Å². The Labute approximate surface area is 118 Å². The smallest absolute Gasteiger partial charge is 0.254 e. The van der Waals surface area contributed by atoms with Crippen LogP contribution in [-0.4, -0.2) is 58.0 Å². The number of ether oxygens (including phenoxy) is 2. The Hall–Kier alpha value is -1.76. The van der Waals surface area contributed by atoms with Crippen molar-refractivity contribution in [3.05, 3.63) is 23.8 Å². The van der Waals surface area contributed by atoms with Crippen LogP contribution in [0.4, 0.5) is 0 Å². The summed E-state index contributed by atoms with van der Waals surface area (Å²) in [5.74, 6) is 0.867. The van der Waals surface area contributed by atoms with Crippen LogP contribution in [0.15, 0.2) is 18.2 Å². The van der Waals surface area contributed by atoms with Crippen molar-refractivity contribution < 1.29 is 22.7 Å². The molecule has 110 valence electrons. The Balaban J connectivity index is 2.21. The van der Waals surface area contributed by atoms with E-state index in [0.29, 0.717) is 17.1 Å². The number of carbonyl (C=O) groups excluding carboxylic acids is 1. The van der Waals surface area contributed by atoms with Gasteiger partial charge in [-0.1, -0.05) is 0 Å². The third-order valence-electron chi connectivity index (χ3n) is 3.23. The highest BCUT2D eigenvalue weighted by molar-refractivity contribution is 7.91. The fourth-order valence-electron chi connectivity index (χ4n) is 2.03. The summed E-state index contributed by atoms with van der Waals surface area (Å²) < 4.78 is 33.0. The molecule has 0 bridgehead atoms. The Morgan fingerprint density at radius 2 is 1.55 bits per heavy atom. The fourth-order valence-corrected chi connectivity index (χ4v) is 3.23. The highest BCUT2D eigenvalue weighted by Gasteiger charge is 2.26. The van der Waals surface area contributed by atoms with E-state index >= 15 is 0 Å². The molecule has 7 heteroatoms. The summed E-state index contributed by atoms with van der Waals surface area (Å²) in [6.45, 7) is 0.446. The first kappa shape index (κ1) is 14.6. The predicted octanol–water partition coefficient (Wildman–Crippen LogP) is 0.574. The second-order valence-corrected chi connectivity index (χ2v) is 6.85. The molecule has 0 spiro atoms. The second-order valence-electron chi connectivity index (χ2n) is 4.55. The van der Waals surface area contributed by atoms with Gasteiger partial charge in [-0.3, -0.25) is 4.79 Å². The molecule has 0 saturated carbocycles. The van der Waals surface area contributed by atoms with E-state index in [1.807, 2.05) is 0 Å². The normalized spacial score (nSPS) is 17.6. The van der Waals surface area contributed by atoms with Crippen LogP contribution in [0.2, 0.25) is 0 Å². The van der Waals surface area contributed by atoms with Gasteiger partial charge in [0.2, 0.25) is 0 Å². The molecule has 6 nitrogen and oxygen atoms in total. The van der Waals surface area contributed by atoms with Gasteiger partial charge in [-0.05, 0) is 12.1 Å². The minimum atomic E-state index is -3.00. The summed E-state index contributed by atoms with van der Waals surface area (Å²) >= 11 is 0. The zero-order valence-corrected chi connectivity index (χ0v) is 12.3. The molecule has 2 rings (SSSR count). The molecule has 0 aromatic heterocycles. The minimum Gasteiger partial charge on any atom is -0.497 e. The van der Waals surface area contributed by atoms with Crippen LogP contribution in [0.5, 0.6) is 11.5 Å². The third-order valence-corrected chi connectivity index (χ3v) is 4.84. The average molecular weight is 299 g/mol. The summed E-state index contributed by atoms with van der Waals surface area (Å²) in [4.78, 5) is 13.9. The Morgan fingerprint density at radius 1 is 1.05 bits per heavy atom. The maximum atomic E-state index is 12.4. The lowest BCUT2D eigenvalue weighted by molar-refractivity contribution is 0.0769. The summed E-state index contributed by atoms with van der Waals surface area (Å²) in [5, 5.41) is 0. The number of hydrogen-bond acceptors (Lipinski definition) is 5. The van der Waals surface area contributed by atoms with Crippen molar-refractivity contribution in [1.82, 2.24) is 4.90 Å². The molecule has 1 heterocycles. The van der Waals surface area contributed by atoms with E-state index < -0.39 is 9.84 Å². The number of rotatable bonds is 3. The first-order valence-corrected chi connectivity index (χ1v) is 8.00. The lowest BCUT2D eigenvalue weighted by Crippen LogP contribution is -2.43. The van der Waals surface area contributed by atoms with Crippen LogP contribution in [0.1, 0.15) is 10.4 Å². The molecule has 1 aromatic carbocycles. The van der Waals surface area contributed by atoms with Gasteiger partial charge < -0.3 is 14.4 Å². The minimum absolute atomic E-state index is 0.0137. The summed E-state index contributed by atoms with van der Waals surface area (Å²) in [6, 6.07) is 4.92. The molecule has 20 heavy (non-hydrogen) atoms. The third kappa shape index (κ3) is 3.22. The van der Waals surface area contributed by atoms with Gasteiger partial charge in [-0.15, -0.1) is 0 Å². The predicted molar refractivity (Wildman–Crippen MR) is 74.1 cm³/mol. The van der Waals surface area contributed by atoms with E-state index in [4.69, 9.17) is 9.47 Å². The van der Waals surface area contributed by atoms with Gasteiger partial charge in [0.15, 0.2) is 9.84 Å². The van der Waals surface area contributed by atoms with Crippen LogP contribution in [-0.2, 0) is 9.84 Å². The summed E-state index contributed by atoms with van der Waals surface area (Å²) in [7, 11) is 0.0205. The maximum Gasteiger partial charge on any atom is 0.254 e. The van der Waals surface area contributed by atoms with Crippen LogP contribution in [0.25, 0.3) is 0 Å². The second kappa shape index (κ2) is 5.70. The number of sulfone groups is 1. The molecule has 0 aliphatic carbocycles. The van der Waals surface area contributed by atoms with Crippen molar-refractivity contribution in [2.75, 3.05) is 38.8 Å². The van der Waals surface area contributed by atoms with E-state index in [0.717, 1.165) is 0 Å². The first-order chi connectivity index (χ1) is 9.45. The number of carbonyl (C=O) groups is 1. The molecule has 0 N–H and O–H groups in total. The van der Waals surface area contributed by atoms with Crippen molar-refractivity contribution in [1.29, 1.82) is 0 Å². The van der Waals surface area contributed by atoms with E-state index in [9.17, 15) is 13.2 Å². The highest BCUT2D eigenvalue weighted by Crippen LogP contribution is 2.23. The molecule has 1 aromatic rings. The number of amides is 1. The number of benzene rings is 1. The van der Waals surface area contributed by atoms with Gasteiger partial charge in [0.1, 0.15) is 11.5 Å². The molecule has 0 unspecified atom stereocenters. The van der Waals surface area contributed by atoms with Crippen LogP contribution >= 0.6 is 0 Å². The lowest BCUT2D eigenvalue weighted by atomic mass is 10.1. The molecule has 1 saturated heterocycles. The van der Waals surface area contributed by atoms with E-state index in [-0.39, 0.29) is 30.5 Å². The molecule has 1 aliphatic rings. The molecular weight excluding hydrogens is 282 g/mol. The van der Waals surface area contributed by atoms with Crippen molar-refractivity contribution in [2.45, 2.75) is 0 Å². The van der Waals surface area contributed by atoms with Gasteiger partial charge in [-0.25, -0.2) is 8.42 Å². The number of methoxy groups -OCH3 is 2. The van der Waals surface area contributed by atoms with Crippen LogP contribution < -0.4 is 9.47 Å². The molecular formula is C13H17NO5S. The standard InChI is InChI=1S/C13H17NO5S/c1-18-11-7-10(8-12(9-11)19-2)13(15)14-3-5-20(16,17)6-4-14/h7-9H,3-6H2,1-2H3. The quantitative estimate of drug-likeness (QED) is 0.816. The average Bonchev–Trinajstić information content (AvgIpc) is 2.46. The summed E-state index contributed by atoms with van der Waals surface area (Å²) in [6.07, 6.45) is 0. The molecule has 1 amide bonds. The number of hydrogen-bond donors (Lipinski definition) is 0. The Bertz CT molecular complexity index is 575. The molecule has 1 fully saturated rings. The first-order valence-electron chi connectivity index (χ1n) is 6.18. The van der Waals surface area contributed by atoms with Gasteiger partial charge in [-0.2, -0.15) is 0 Å². The SMILES string of the molecule is COc1cc(OC)cc(C(=O)N2CCS(=O)(=O)CC2)c1. The Kier molecular flexibility index (Phi) is 4.17. The monoisotopic (exact) mass is 299 g/mol. The zero-order valence-electron chi connectivity index (χ0n) is 11.5. The topological polar surface area (TPSA) is 72.9 Å². The van der Waals surface area contributed by atoms with Gasteiger partial charge in [0.05, 0.1) is 25.7 Å². The zero-order chi connectivity index (χ0) is 14.8. The van der Waals surface area contributed by atoms with Gasteiger partial charge in [0.25, 0.3) is 5.91 Å². The molecule has 1 aliphatic heterocycles. The largest absolute Gasteiger partial charge is 0.497 e. The van der Waals surface area contributed by atoms with Crippen LogP contribution in [0, 0.1) is 0 Å². The fraction of sp³-hybridized carbons (Fsp3) is 0.462. The highest BCUT2D eigenvalue weighted by atomic mass is 32.2. The number of nitrogens with zero attached hydrogens (tertiary/aromatic N) is 1. The van der Waals surface area contributed by atoms with E-state index in [1.165, 1.54) is 19.1 Å². The van der Waals surface area contributed by atoms with Crippen molar-refractivity contribution in [3.8, 4) is 11.5 Å². The van der Waals surface area contributed by atoms with E-state index in [2.05, 4.69) is 0 Å². The Morgan fingerprint density at radius 3 is 2.00 bits per heavy atom. The molecule has 0 atom stereocenters. The summed E-state index contributed by atoms with van der Waals surface area (Å²) in [5.41, 5.74) is 0.431. The van der Waals surface area contributed by atoms with Crippen molar-refractivity contribution in [3.63, 3.8) is 0 Å². The van der Waals surface area contributed by atoms with Crippen molar-refractivity contribution in [2.24, 2.45) is 0 Å². The van der Waals surface area contributed by atoms with Crippen LogP contribution in [0.3, 0.4) is 0 Å². The van der Waals surface area contributed by atoms with Gasteiger partial charge in [0, 0.05) is 24.7 Å². The van der Waals surface area contributed by atoms with Crippen molar-refractivity contribution >= 4 is 15.7 Å². The molecule has 0 radical (unpaired) electrons. The lowest BCUT2D eigenvalue weighted by Gasteiger charge is -2.27. The van der Waals surface area contributed by atoms with E-state index in [1.54, 1.807) is 18.2 Å². The maximum absolute atomic E-state index is 12.4.